The molecule has 0 bridgehead atoms. The Morgan fingerprint density at radius 2 is 2.24 bits per heavy atom. The zero-order chi connectivity index (χ0) is 12.8. The smallest absolute Gasteiger partial charge is 0.229 e. The van der Waals surface area contributed by atoms with Gasteiger partial charge in [0.2, 0.25) is 5.91 Å². The van der Waals surface area contributed by atoms with E-state index in [9.17, 15) is 4.79 Å². The summed E-state index contributed by atoms with van der Waals surface area (Å²) in [4.78, 5) is 11.9. The summed E-state index contributed by atoms with van der Waals surface area (Å²) >= 11 is 0. The molecule has 1 aromatic rings. The van der Waals surface area contributed by atoms with Crippen molar-refractivity contribution in [1.29, 1.82) is 5.26 Å². The Bertz CT molecular complexity index is 435. The lowest BCUT2D eigenvalue weighted by atomic mass is 9.95. The van der Waals surface area contributed by atoms with Crippen LogP contribution in [0.2, 0.25) is 0 Å². The average Bonchev–Trinajstić information content (AvgIpc) is 2.29. The lowest BCUT2D eigenvalue weighted by molar-refractivity contribution is -0.120. The third kappa shape index (κ3) is 3.58. The number of rotatable bonds is 4. The standard InChI is InChI=1S/C13H17N3O/c1-9(2)12(8-15)13(17)16-11-5-3-4-10(6-11)7-14/h3-6,9,12H,8,15H2,1-2H3,(H,16,17). The predicted octanol–water partition coefficient (Wildman–Crippen LogP) is 1.73. The van der Waals surface area contributed by atoms with Gasteiger partial charge in [0.1, 0.15) is 0 Å². The fourth-order valence-electron chi connectivity index (χ4n) is 1.58. The van der Waals surface area contributed by atoms with Crippen molar-refractivity contribution >= 4 is 11.6 Å². The molecular formula is C13H17N3O. The molecule has 1 amide bonds. The van der Waals surface area contributed by atoms with Crippen molar-refractivity contribution in [2.45, 2.75) is 13.8 Å². The quantitative estimate of drug-likeness (QED) is 0.828. The molecule has 4 heteroatoms. The molecule has 0 heterocycles. The van der Waals surface area contributed by atoms with Crippen LogP contribution in [0.15, 0.2) is 24.3 Å². The molecule has 4 nitrogen and oxygen atoms in total. The van der Waals surface area contributed by atoms with Gasteiger partial charge in [0.25, 0.3) is 0 Å². The Balaban J connectivity index is 2.77. The van der Waals surface area contributed by atoms with E-state index in [1.807, 2.05) is 19.9 Å². The summed E-state index contributed by atoms with van der Waals surface area (Å²) in [5.74, 6) is -0.113. The van der Waals surface area contributed by atoms with Gasteiger partial charge < -0.3 is 11.1 Å². The van der Waals surface area contributed by atoms with E-state index in [0.717, 1.165) is 0 Å². The average molecular weight is 231 g/mol. The van der Waals surface area contributed by atoms with Crippen LogP contribution in [0.1, 0.15) is 19.4 Å². The van der Waals surface area contributed by atoms with Gasteiger partial charge in [-0.2, -0.15) is 5.26 Å². The number of hydrogen-bond acceptors (Lipinski definition) is 3. The van der Waals surface area contributed by atoms with Crippen LogP contribution in [0.5, 0.6) is 0 Å². The molecule has 0 saturated heterocycles. The van der Waals surface area contributed by atoms with E-state index in [4.69, 9.17) is 11.0 Å². The minimum absolute atomic E-state index is 0.0995. The first-order valence-corrected chi connectivity index (χ1v) is 5.59. The van der Waals surface area contributed by atoms with Gasteiger partial charge in [0, 0.05) is 12.2 Å². The number of nitriles is 1. The van der Waals surface area contributed by atoms with Gasteiger partial charge in [0.05, 0.1) is 17.6 Å². The SMILES string of the molecule is CC(C)C(CN)C(=O)Nc1cccc(C#N)c1. The molecule has 0 aliphatic heterocycles. The van der Waals surface area contributed by atoms with Gasteiger partial charge in [-0.1, -0.05) is 19.9 Å². The zero-order valence-electron chi connectivity index (χ0n) is 10.1. The van der Waals surface area contributed by atoms with Crippen LogP contribution < -0.4 is 11.1 Å². The summed E-state index contributed by atoms with van der Waals surface area (Å²) in [5.41, 5.74) is 6.73. The monoisotopic (exact) mass is 231 g/mol. The largest absolute Gasteiger partial charge is 0.330 e. The molecule has 90 valence electrons. The Morgan fingerprint density at radius 3 is 2.76 bits per heavy atom. The zero-order valence-corrected chi connectivity index (χ0v) is 10.1. The van der Waals surface area contributed by atoms with Gasteiger partial charge in [-0.25, -0.2) is 0 Å². The highest BCUT2D eigenvalue weighted by molar-refractivity contribution is 5.93. The van der Waals surface area contributed by atoms with E-state index in [1.165, 1.54) is 0 Å². The second-order valence-electron chi connectivity index (χ2n) is 4.27. The van der Waals surface area contributed by atoms with E-state index in [2.05, 4.69) is 5.32 Å². The van der Waals surface area contributed by atoms with Crippen molar-refractivity contribution in [3.05, 3.63) is 29.8 Å². The molecule has 1 unspecified atom stereocenters. The lowest BCUT2D eigenvalue weighted by Gasteiger charge is -2.18. The van der Waals surface area contributed by atoms with Crippen molar-refractivity contribution in [1.82, 2.24) is 0 Å². The molecule has 0 aromatic heterocycles. The fraction of sp³-hybridized carbons (Fsp3) is 0.385. The lowest BCUT2D eigenvalue weighted by Crippen LogP contribution is -2.33. The fourth-order valence-corrected chi connectivity index (χ4v) is 1.58. The first-order chi connectivity index (χ1) is 8.08. The molecule has 1 rings (SSSR count). The van der Waals surface area contributed by atoms with Gasteiger partial charge >= 0.3 is 0 Å². The molecule has 0 spiro atoms. The van der Waals surface area contributed by atoms with Crippen molar-refractivity contribution < 1.29 is 4.79 Å². The minimum Gasteiger partial charge on any atom is -0.330 e. The van der Waals surface area contributed by atoms with Crippen LogP contribution in [-0.4, -0.2) is 12.5 Å². The minimum atomic E-state index is -0.208. The van der Waals surface area contributed by atoms with Gasteiger partial charge in [-0.3, -0.25) is 4.79 Å². The number of carbonyl (C=O) groups is 1. The van der Waals surface area contributed by atoms with E-state index in [-0.39, 0.29) is 17.7 Å². The van der Waals surface area contributed by atoms with E-state index in [0.29, 0.717) is 17.8 Å². The van der Waals surface area contributed by atoms with E-state index >= 15 is 0 Å². The van der Waals surface area contributed by atoms with Crippen LogP contribution in [0.3, 0.4) is 0 Å². The Kier molecular flexibility index (Phi) is 4.68. The number of nitrogens with zero attached hydrogens (tertiary/aromatic N) is 1. The van der Waals surface area contributed by atoms with Gasteiger partial charge in [-0.05, 0) is 24.1 Å². The number of anilines is 1. The summed E-state index contributed by atoms with van der Waals surface area (Å²) < 4.78 is 0. The number of nitrogens with one attached hydrogen (secondary N) is 1. The van der Waals surface area contributed by atoms with Crippen molar-refractivity contribution in [2.24, 2.45) is 17.6 Å². The van der Waals surface area contributed by atoms with Crippen LogP contribution in [0.25, 0.3) is 0 Å². The summed E-state index contributed by atoms with van der Waals surface area (Å²) in [6, 6.07) is 8.86. The van der Waals surface area contributed by atoms with Gasteiger partial charge in [0.15, 0.2) is 0 Å². The number of amides is 1. The normalized spacial score (nSPS) is 11.9. The maximum absolute atomic E-state index is 11.9. The van der Waals surface area contributed by atoms with Crippen LogP contribution in [0, 0.1) is 23.2 Å². The molecule has 0 aliphatic rings. The topological polar surface area (TPSA) is 78.9 Å². The third-order valence-electron chi connectivity index (χ3n) is 2.65. The van der Waals surface area contributed by atoms with E-state index in [1.54, 1.807) is 24.3 Å². The molecule has 17 heavy (non-hydrogen) atoms. The molecule has 0 aliphatic carbocycles. The van der Waals surface area contributed by atoms with Crippen LogP contribution >= 0.6 is 0 Å². The second kappa shape index (κ2) is 6.02. The van der Waals surface area contributed by atoms with Crippen molar-refractivity contribution in [3.63, 3.8) is 0 Å². The summed E-state index contributed by atoms with van der Waals surface area (Å²) in [6.45, 7) is 4.24. The van der Waals surface area contributed by atoms with Crippen molar-refractivity contribution in [2.75, 3.05) is 11.9 Å². The number of benzene rings is 1. The number of carbonyl (C=O) groups excluding carboxylic acids is 1. The molecule has 0 saturated carbocycles. The van der Waals surface area contributed by atoms with Crippen LogP contribution in [-0.2, 0) is 4.79 Å². The van der Waals surface area contributed by atoms with Crippen LogP contribution in [0.4, 0.5) is 5.69 Å². The first kappa shape index (κ1) is 13.2. The highest BCUT2D eigenvalue weighted by Gasteiger charge is 2.20. The molecule has 3 N–H and O–H groups in total. The predicted molar refractivity (Wildman–Crippen MR) is 67.2 cm³/mol. The highest BCUT2D eigenvalue weighted by atomic mass is 16.1. The molecule has 0 fully saturated rings. The summed E-state index contributed by atoms with van der Waals surface area (Å²) in [5, 5.41) is 11.5. The Labute approximate surface area is 101 Å². The third-order valence-corrected chi connectivity index (χ3v) is 2.65. The highest BCUT2D eigenvalue weighted by Crippen LogP contribution is 2.15. The number of hydrogen-bond donors (Lipinski definition) is 2. The maximum Gasteiger partial charge on any atom is 0.229 e. The Morgan fingerprint density at radius 1 is 1.53 bits per heavy atom. The molecule has 1 atom stereocenters. The number of nitrogens with two attached hydrogens (primary N) is 1. The summed E-state index contributed by atoms with van der Waals surface area (Å²) in [6.07, 6.45) is 0. The molecule has 0 radical (unpaired) electrons. The second-order valence-corrected chi connectivity index (χ2v) is 4.27. The Hall–Kier alpha value is -1.86. The van der Waals surface area contributed by atoms with Gasteiger partial charge in [-0.15, -0.1) is 0 Å². The van der Waals surface area contributed by atoms with Crippen molar-refractivity contribution in [3.8, 4) is 6.07 Å². The molecular weight excluding hydrogens is 214 g/mol. The first-order valence-electron chi connectivity index (χ1n) is 5.59. The maximum atomic E-state index is 11.9. The van der Waals surface area contributed by atoms with E-state index < -0.39 is 0 Å². The summed E-state index contributed by atoms with van der Waals surface area (Å²) in [7, 11) is 0. The molecule has 1 aromatic carbocycles.